The van der Waals surface area contributed by atoms with E-state index in [0.29, 0.717) is 6.54 Å². The van der Waals surface area contributed by atoms with Crippen LogP contribution in [0.1, 0.15) is 12.8 Å². The SMILES string of the molecule is Cl.O=S(=O)(N[C@@H]1CCCNC1)c1cncc(F)c1. The molecule has 0 unspecified atom stereocenters. The van der Waals surface area contributed by atoms with Crippen LogP contribution in [0.25, 0.3) is 0 Å². The summed E-state index contributed by atoms with van der Waals surface area (Å²) in [6.45, 7) is 1.50. The maximum atomic E-state index is 12.9. The maximum absolute atomic E-state index is 12.9. The summed E-state index contributed by atoms with van der Waals surface area (Å²) in [6, 6.07) is 0.822. The Balaban J connectivity index is 0.00000162. The molecule has 0 radical (unpaired) electrons. The first-order chi connectivity index (χ1) is 8.08. The van der Waals surface area contributed by atoms with Crippen molar-refractivity contribution in [3.63, 3.8) is 0 Å². The van der Waals surface area contributed by atoms with E-state index in [1.165, 1.54) is 0 Å². The molecule has 2 rings (SSSR count). The first kappa shape index (κ1) is 15.3. The lowest BCUT2D eigenvalue weighted by molar-refractivity contribution is 0.428. The largest absolute Gasteiger partial charge is 0.315 e. The Labute approximate surface area is 112 Å². The lowest BCUT2D eigenvalue weighted by atomic mass is 10.1. The molecule has 1 saturated heterocycles. The number of hydrogen-bond donors (Lipinski definition) is 2. The molecule has 1 aliphatic rings. The highest BCUT2D eigenvalue weighted by Crippen LogP contribution is 2.11. The van der Waals surface area contributed by atoms with Crippen molar-refractivity contribution in [2.24, 2.45) is 0 Å². The maximum Gasteiger partial charge on any atom is 0.242 e. The number of nitrogens with zero attached hydrogens (tertiary/aromatic N) is 1. The molecule has 2 N–H and O–H groups in total. The molecule has 8 heteroatoms. The first-order valence-electron chi connectivity index (χ1n) is 5.41. The molecular formula is C10H15ClFN3O2S. The van der Waals surface area contributed by atoms with Crippen LogP contribution in [0.3, 0.4) is 0 Å². The van der Waals surface area contributed by atoms with Gasteiger partial charge in [-0.25, -0.2) is 17.5 Å². The van der Waals surface area contributed by atoms with E-state index in [4.69, 9.17) is 0 Å². The van der Waals surface area contributed by atoms with Crippen LogP contribution in [-0.4, -0.2) is 32.5 Å². The molecule has 0 saturated carbocycles. The van der Waals surface area contributed by atoms with Crippen molar-refractivity contribution in [1.82, 2.24) is 15.0 Å². The molecule has 0 bridgehead atoms. The zero-order valence-corrected chi connectivity index (χ0v) is 11.2. The van der Waals surface area contributed by atoms with Crippen LogP contribution in [0.2, 0.25) is 0 Å². The average molecular weight is 296 g/mol. The predicted octanol–water partition coefficient (Wildman–Crippen LogP) is 0.673. The standard InChI is InChI=1S/C10H14FN3O2S.ClH/c11-8-4-10(7-13-5-8)17(15,16)14-9-2-1-3-12-6-9;/h4-5,7,9,12,14H,1-3,6H2;1H/t9-;/m1./s1. The smallest absolute Gasteiger partial charge is 0.242 e. The molecule has 5 nitrogen and oxygen atoms in total. The minimum atomic E-state index is -3.67. The van der Waals surface area contributed by atoms with Crippen LogP contribution in [0.15, 0.2) is 23.4 Å². The van der Waals surface area contributed by atoms with Crippen LogP contribution >= 0.6 is 12.4 Å². The van der Waals surface area contributed by atoms with Crippen LogP contribution < -0.4 is 10.0 Å². The molecule has 0 spiro atoms. The normalized spacial score (nSPS) is 20.2. The second-order valence-corrected chi connectivity index (χ2v) is 5.72. The Morgan fingerprint density at radius 3 is 2.83 bits per heavy atom. The van der Waals surface area contributed by atoms with Crippen molar-refractivity contribution in [2.75, 3.05) is 13.1 Å². The summed E-state index contributed by atoms with van der Waals surface area (Å²) in [5.41, 5.74) is 0. The van der Waals surface area contributed by atoms with Gasteiger partial charge < -0.3 is 5.32 Å². The quantitative estimate of drug-likeness (QED) is 0.860. The predicted molar refractivity (Wildman–Crippen MR) is 67.7 cm³/mol. The van der Waals surface area contributed by atoms with Gasteiger partial charge in [0.25, 0.3) is 0 Å². The van der Waals surface area contributed by atoms with Gasteiger partial charge in [-0.05, 0) is 25.5 Å². The Morgan fingerprint density at radius 2 is 2.22 bits per heavy atom. The van der Waals surface area contributed by atoms with Crippen molar-refractivity contribution < 1.29 is 12.8 Å². The van der Waals surface area contributed by atoms with E-state index in [2.05, 4.69) is 15.0 Å². The molecule has 1 aromatic rings. The number of aromatic nitrogens is 1. The van der Waals surface area contributed by atoms with Crippen molar-refractivity contribution in [3.8, 4) is 0 Å². The molecule has 0 amide bonds. The second kappa shape index (κ2) is 6.42. The third-order valence-electron chi connectivity index (χ3n) is 2.61. The number of rotatable bonds is 3. The topological polar surface area (TPSA) is 71.1 Å². The van der Waals surface area contributed by atoms with Gasteiger partial charge >= 0.3 is 0 Å². The number of hydrogen-bond acceptors (Lipinski definition) is 4. The van der Waals surface area contributed by atoms with E-state index in [0.717, 1.165) is 37.8 Å². The molecule has 0 aromatic carbocycles. The van der Waals surface area contributed by atoms with Crippen molar-refractivity contribution in [1.29, 1.82) is 0 Å². The summed E-state index contributed by atoms with van der Waals surface area (Å²) in [7, 11) is -3.67. The fourth-order valence-corrected chi connectivity index (χ4v) is 3.02. The zero-order chi connectivity index (χ0) is 12.3. The molecule has 102 valence electrons. The summed E-state index contributed by atoms with van der Waals surface area (Å²) >= 11 is 0. The van der Waals surface area contributed by atoms with E-state index in [-0.39, 0.29) is 23.3 Å². The number of halogens is 2. The van der Waals surface area contributed by atoms with Crippen molar-refractivity contribution in [3.05, 3.63) is 24.3 Å². The second-order valence-electron chi connectivity index (χ2n) is 4.00. The fourth-order valence-electron chi connectivity index (χ4n) is 1.78. The minimum absolute atomic E-state index is 0. The summed E-state index contributed by atoms with van der Waals surface area (Å²) in [6.07, 6.45) is 3.83. The molecule has 2 heterocycles. The van der Waals surface area contributed by atoms with E-state index >= 15 is 0 Å². The zero-order valence-electron chi connectivity index (χ0n) is 9.60. The highest BCUT2D eigenvalue weighted by Gasteiger charge is 2.22. The van der Waals surface area contributed by atoms with Gasteiger partial charge in [0.05, 0.1) is 6.20 Å². The van der Waals surface area contributed by atoms with Crippen LogP contribution in [0, 0.1) is 5.82 Å². The highest BCUT2D eigenvalue weighted by molar-refractivity contribution is 7.89. The van der Waals surface area contributed by atoms with Crippen molar-refractivity contribution in [2.45, 2.75) is 23.8 Å². The first-order valence-corrected chi connectivity index (χ1v) is 6.90. The molecule has 1 aliphatic heterocycles. The average Bonchev–Trinajstić information content (AvgIpc) is 2.30. The van der Waals surface area contributed by atoms with Gasteiger partial charge in [0.1, 0.15) is 10.7 Å². The molecule has 1 atom stereocenters. The Kier molecular flexibility index (Phi) is 5.46. The third-order valence-corrected chi connectivity index (χ3v) is 4.10. The van der Waals surface area contributed by atoms with Gasteiger partial charge in [-0.15, -0.1) is 12.4 Å². The molecule has 0 aliphatic carbocycles. The Hall–Kier alpha value is -0.760. The molecule has 1 fully saturated rings. The Morgan fingerprint density at radius 1 is 1.44 bits per heavy atom. The lowest BCUT2D eigenvalue weighted by Crippen LogP contribution is -2.45. The number of pyridine rings is 1. The van der Waals surface area contributed by atoms with E-state index < -0.39 is 15.8 Å². The van der Waals surface area contributed by atoms with Gasteiger partial charge in [-0.1, -0.05) is 0 Å². The minimum Gasteiger partial charge on any atom is -0.315 e. The van der Waals surface area contributed by atoms with E-state index in [1.807, 2.05) is 0 Å². The fraction of sp³-hybridized carbons (Fsp3) is 0.500. The highest BCUT2D eigenvalue weighted by atomic mass is 35.5. The lowest BCUT2D eigenvalue weighted by Gasteiger charge is -2.23. The monoisotopic (exact) mass is 295 g/mol. The molecular weight excluding hydrogens is 281 g/mol. The molecule has 1 aromatic heterocycles. The third kappa shape index (κ3) is 3.88. The van der Waals surface area contributed by atoms with Gasteiger partial charge in [-0.3, -0.25) is 4.98 Å². The van der Waals surface area contributed by atoms with Crippen LogP contribution in [0.4, 0.5) is 4.39 Å². The summed E-state index contributed by atoms with van der Waals surface area (Å²) < 4.78 is 39.3. The van der Waals surface area contributed by atoms with E-state index in [9.17, 15) is 12.8 Å². The summed E-state index contributed by atoms with van der Waals surface area (Å²) in [4.78, 5) is 3.40. The summed E-state index contributed by atoms with van der Waals surface area (Å²) in [5, 5.41) is 3.10. The molecule has 18 heavy (non-hydrogen) atoms. The number of piperidine rings is 1. The van der Waals surface area contributed by atoms with Gasteiger partial charge in [0, 0.05) is 18.8 Å². The van der Waals surface area contributed by atoms with Crippen LogP contribution in [0.5, 0.6) is 0 Å². The number of sulfonamides is 1. The number of nitrogens with one attached hydrogen (secondary N) is 2. The van der Waals surface area contributed by atoms with Gasteiger partial charge in [-0.2, -0.15) is 0 Å². The summed E-state index contributed by atoms with van der Waals surface area (Å²) in [5.74, 6) is -0.658. The van der Waals surface area contributed by atoms with Crippen molar-refractivity contribution >= 4 is 22.4 Å². The van der Waals surface area contributed by atoms with Gasteiger partial charge in [0.15, 0.2) is 0 Å². The van der Waals surface area contributed by atoms with Crippen LogP contribution in [-0.2, 0) is 10.0 Å². The Bertz CT molecular complexity index is 492. The van der Waals surface area contributed by atoms with E-state index in [1.54, 1.807) is 0 Å². The van der Waals surface area contributed by atoms with Gasteiger partial charge in [0.2, 0.25) is 10.0 Å².